The van der Waals surface area contributed by atoms with Gasteiger partial charge in [-0.15, -0.1) is 11.3 Å². The first kappa shape index (κ1) is 16.5. The first-order chi connectivity index (χ1) is 11.4. The van der Waals surface area contributed by atoms with E-state index in [0.29, 0.717) is 31.4 Å². The van der Waals surface area contributed by atoms with Gasteiger partial charge in [0.15, 0.2) is 3.95 Å². The molecule has 0 saturated carbocycles. The van der Waals surface area contributed by atoms with Crippen LogP contribution in [0.2, 0.25) is 0 Å². The third-order valence-electron chi connectivity index (χ3n) is 3.73. The SMILES string of the molecule is Cc1ccc2c(c1)=C(c1sc(=S)n(CCCC(=O)O)c1O)C(=O)N=2. The molecule has 24 heavy (non-hydrogen) atoms. The van der Waals surface area contributed by atoms with Crippen molar-refractivity contribution in [2.75, 3.05) is 0 Å². The number of thiazole rings is 1. The Hall–Kier alpha value is -2.32. The zero-order valence-corrected chi connectivity index (χ0v) is 14.4. The number of benzene rings is 1. The molecule has 1 aliphatic rings. The molecule has 8 heteroatoms. The maximum atomic E-state index is 12.3. The zero-order chi connectivity index (χ0) is 17.4. The molecule has 1 amide bonds. The summed E-state index contributed by atoms with van der Waals surface area (Å²) in [5.74, 6) is -1.41. The highest BCUT2D eigenvalue weighted by molar-refractivity contribution is 7.73. The lowest BCUT2D eigenvalue weighted by Gasteiger charge is -2.04. The van der Waals surface area contributed by atoms with Crippen LogP contribution >= 0.6 is 23.6 Å². The van der Waals surface area contributed by atoms with Gasteiger partial charge in [0, 0.05) is 18.2 Å². The third kappa shape index (κ3) is 2.90. The van der Waals surface area contributed by atoms with Crippen LogP contribution in [0, 0.1) is 10.9 Å². The number of carboxylic acid groups (broad SMARTS) is 1. The number of carboxylic acids is 1. The summed E-state index contributed by atoms with van der Waals surface area (Å²) < 4.78 is 1.86. The summed E-state index contributed by atoms with van der Waals surface area (Å²) >= 11 is 6.39. The number of carbonyl (C=O) groups excluding carboxylic acids is 1. The number of rotatable bonds is 5. The van der Waals surface area contributed by atoms with E-state index in [0.717, 1.165) is 16.9 Å². The number of carbonyl (C=O) groups is 2. The molecule has 2 heterocycles. The van der Waals surface area contributed by atoms with Crippen molar-refractivity contribution >= 4 is 41.0 Å². The van der Waals surface area contributed by atoms with Gasteiger partial charge in [0.2, 0.25) is 5.88 Å². The Morgan fingerprint density at radius 3 is 2.88 bits per heavy atom. The molecule has 6 nitrogen and oxygen atoms in total. The number of fused-ring (bicyclic) bond motifs is 1. The molecule has 0 saturated heterocycles. The number of hydrogen-bond acceptors (Lipinski definition) is 5. The molecular weight excluding hydrogens is 348 g/mol. The quantitative estimate of drug-likeness (QED) is 0.787. The minimum absolute atomic E-state index is 0.0146. The van der Waals surface area contributed by atoms with Gasteiger partial charge >= 0.3 is 5.97 Å². The molecule has 1 aromatic carbocycles. The van der Waals surface area contributed by atoms with Crippen molar-refractivity contribution in [3.8, 4) is 5.88 Å². The van der Waals surface area contributed by atoms with Crippen LogP contribution in [-0.2, 0) is 16.1 Å². The van der Waals surface area contributed by atoms with E-state index < -0.39 is 11.9 Å². The second-order valence-electron chi connectivity index (χ2n) is 5.48. The number of nitrogens with zero attached hydrogens (tertiary/aromatic N) is 2. The van der Waals surface area contributed by atoms with Crippen LogP contribution in [0.1, 0.15) is 23.3 Å². The highest BCUT2D eigenvalue weighted by atomic mass is 32.1. The Morgan fingerprint density at radius 1 is 1.42 bits per heavy atom. The van der Waals surface area contributed by atoms with Crippen molar-refractivity contribution in [1.29, 1.82) is 0 Å². The second kappa shape index (κ2) is 6.29. The number of aliphatic carboxylic acids is 1. The number of aryl methyl sites for hydroxylation is 1. The van der Waals surface area contributed by atoms with Crippen LogP contribution < -0.4 is 10.6 Å². The summed E-state index contributed by atoms with van der Waals surface area (Å²) in [4.78, 5) is 27.3. The van der Waals surface area contributed by atoms with Crippen molar-refractivity contribution in [2.45, 2.75) is 26.3 Å². The van der Waals surface area contributed by atoms with Crippen molar-refractivity contribution in [3.05, 3.63) is 43.2 Å². The van der Waals surface area contributed by atoms with E-state index in [1.807, 2.05) is 19.1 Å². The smallest absolute Gasteiger partial charge is 0.303 e. The van der Waals surface area contributed by atoms with E-state index in [1.54, 1.807) is 6.07 Å². The Bertz CT molecular complexity index is 1030. The summed E-state index contributed by atoms with van der Waals surface area (Å²) in [5.41, 5.74) is 1.33. The van der Waals surface area contributed by atoms with Gasteiger partial charge in [-0.25, -0.2) is 4.99 Å². The van der Waals surface area contributed by atoms with Crippen LogP contribution in [-0.4, -0.2) is 26.7 Å². The standard InChI is InChI=1S/C16H14N2O4S2/c1-8-4-5-10-9(7-8)12(14(21)17-10)13-15(22)18(16(23)24-13)6-2-3-11(19)20/h4-5,7,22H,2-3,6H2,1H3,(H,19,20). The lowest BCUT2D eigenvalue weighted by Crippen LogP contribution is -2.23. The largest absolute Gasteiger partial charge is 0.493 e. The summed E-state index contributed by atoms with van der Waals surface area (Å²) in [7, 11) is 0. The summed E-state index contributed by atoms with van der Waals surface area (Å²) in [5, 5.41) is 20.5. The number of hydrogen-bond donors (Lipinski definition) is 2. The van der Waals surface area contributed by atoms with Gasteiger partial charge in [-0.3, -0.25) is 14.2 Å². The summed E-state index contributed by atoms with van der Waals surface area (Å²) in [6.45, 7) is 2.20. The molecule has 2 N–H and O–H groups in total. The maximum Gasteiger partial charge on any atom is 0.303 e. The van der Waals surface area contributed by atoms with E-state index in [1.165, 1.54) is 4.57 Å². The van der Waals surface area contributed by atoms with Crippen LogP contribution in [0.4, 0.5) is 0 Å². The molecule has 1 aliphatic heterocycles. The molecule has 0 fully saturated rings. The van der Waals surface area contributed by atoms with Crippen molar-refractivity contribution < 1.29 is 19.8 Å². The molecule has 124 valence electrons. The van der Waals surface area contributed by atoms with E-state index in [9.17, 15) is 14.7 Å². The summed E-state index contributed by atoms with van der Waals surface area (Å²) in [6.07, 6.45) is 0.329. The van der Waals surface area contributed by atoms with Gasteiger partial charge in [0.05, 0.1) is 10.9 Å². The average Bonchev–Trinajstić information content (AvgIpc) is 2.96. The fraction of sp³-hybridized carbons (Fsp3) is 0.250. The average molecular weight is 362 g/mol. The fourth-order valence-electron chi connectivity index (χ4n) is 2.59. The monoisotopic (exact) mass is 362 g/mol. The summed E-state index contributed by atoms with van der Waals surface area (Å²) in [6, 6.07) is 5.50. The molecule has 0 atom stereocenters. The lowest BCUT2D eigenvalue weighted by molar-refractivity contribution is -0.137. The molecule has 1 aromatic heterocycles. The molecule has 2 aromatic rings. The van der Waals surface area contributed by atoms with Gasteiger partial charge in [-0.05, 0) is 37.7 Å². The van der Waals surface area contributed by atoms with E-state index >= 15 is 0 Å². The van der Waals surface area contributed by atoms with Crippen LogP contribution in [0.15, 0.2) is 23.2 Å². The molecular formula is C16H14N2O4S2. The maximum absolute atomic E-state index is 12.3. The number of aromatic nitrogens is 1. The Morgan fingerprint density at radius 2 is 2.17 bits per heavy atom. The van der Waals surface area contributed by atoms with Gasteiger partial charge < -0.3 is 10.2 Å². The van der Waals surface area contributed by atoms with Gasteiger partial charge in [0.25, 0.3) is 5.91 Å². The van der Waals surface area contributed by atoms with Gasteiger partial charge in [-0.1, -0.05) is 11.6 Å². The van der Waals surface area contributed by atoms with Gasteiger partial charge in [-0.2, -0.15) is 0 Å². The van der Waals surface area contributed by atoms with E-state index in [2.05, 4.69) is 4.99 Å². The third-order valence-corrected chi connectivity index (χ3v) is 5.18. The van der Waals surface area contributed by atoms with Gasteiger partial charge in [0.1, 0.15) is 4.88 Å². The molecule has 0 bridgehead atoms. The zero-order valence-electron chi connectivity index (χ0n) is 12.8. The molecule has 3 rings (SSSR count). The fourth-order valence-corrected chi connectivity index (χ4v) is 3.98. The van der Waals surface area contributed by atoms with Crippen molar-refractivity contribution in [1.82, 2.24) is 4.57 Å². The molecule has 0 aliphatic carbocycles. The number of amides is 1. The van der Waals surface area contributed by atoms with Crippen molar-refractivity contribution in [3.63, 3.8) is 0 Å². The molecule has 0 spiro atoms. The minimum Gasteiger partial charge on any atom is -0.493 e. The Balaban J connectivity index is 2.10. The molecule has 0 radical (unpaired) electrons. The molecule has 0 unspecified atom stereocenters. The number of aromatic hydroxyl groups is 1. The second-order valence-corrected chi connectivity index (χ2v) is 7.13. The predicted octanol–water partition coefficient (Wildman–Crippen LogP) is 1.52. The van der Waals surface area contributed by atoms with Crippen LogP contribution in [0.5, 0.6) is 5.88 Å². The normalized spacial score (nSPS) is 13.0. The Kier molecular flexibility index (Phi) is 4.33. The van der Waals surface area contributed by atoms with E-state index in [-0.39, 0.29) is 18.8 Å². The highest BCUT2D eigenvalue weighted by Crippen LogP contribution is 2.32. The predicted molar refractivity (Wildman–Crippen MR) is 91.2 cm³/mol. The highest BCUT2D eigenvalue weighted by Gasteiger charge is 2.25. The lowest BCUT2D eigenvalue weighted by atomic mass is 10.1. The Labute approximate surface area is 146 Å². The minimum atomic E-state index is -0.903. The van der Waals surface area contributed by atoms with Crippen LogP contribution in [0.25, 0.3) is 5.57 Å². The van der Waals surface area contributed by atoms with Crippen molar-refractivity contribution in [2.24, 2.45) is 4.99 Å². The first-order valence-corrected chi connectivity index (χ1v) is 8.49. The van der Waals surface area contributed by atoms with Crippen LogP contribution in [0.3, 0.4) is 0 Å². The topological polar surface area (TPSA) is 91.9 Å². The van der Waals surface area contributed by atoms with E-state index in [4.69, 9.17) is 17.3 Å². The first-order valence-electron chi connectivity index (χ1n) is 7.27.